The number of aliphatic hydroxyl groups is 1. The van der Waals surface area contributed by atoms with E-state index in [2.05, 4.69) is 4.98 Å². The van der Waals surface area contributed by atoms with E-state index in [0.29, 0.717) is 0 Å². The van der Waals surface area contributed by atoms with Crippen molar-refractivity contribution < 1.29 is 28.9 Å². The van der Waals surface area contributed by atoms with Crippen molar-refractivity contribution in [1.29, 1.82) is 0 Å². The minimum Gasteiger partial charge on any atom is -0.453 e. The molecule has 0 radical (unpaired) electrons. The van der Waals surface area contributed by atoms with Gasteiger partial charge in [-0.1, -0.05) is 0 Å². The number of aromatic amines is 1. The second-order valence-electron chi connectivity index (χ2n) is 6.81. The zero-order valence-corrected chi connectivity index (χ0v) is 15.0. The van der Waals surface area contributed by atoms with Crippen LogP contribution in [0.1, 0.15) is 25.8 Å². The first kappa shape index (κ1) is 19.5. The summed E-state index contributed by atoms with van der Waals surface area (Å²) in [6.07, 6.45) is -0.0723. The molecule has 1 aliphatic heterocycles. The molecular formula is C17H22N2O8. The topological polar surface area (TPSA) is 137 Å². The zero-order chi connectivity index (χ0) is 19.8. The number of hydrogen-bond donors (Lipinski definition) is 2. The minimum absolute atomic E-state index is 0.0463. The van der Waals surface area contributed by atoms with E-state index in [0.717, 1.165) is 0 Å². The first-order chi connectivity index (χ1) is 12.8. The molecule has 1 aliphatic carbocycles. The van der Waals surface area contributed by atoms with Crippen LogP contribution in [0, 0.1) is 5.92 Å². The summed E-state index contributed by atoms with van der Waals surface area (Å²) < 4.78 is 18.2. The number of nitrogens with one attached hydrogen (secondary N) is 1. The minimum atomic E-state index is -1.25. The number of carbonyl (C=O) groups is 2. The predicted octanol–water partition coefficient (Wildman–Crippen LogP) is -1.24. The largest absolute Gasteiger partial charge is 0.453 e. The van der Waals surface area contributed by atoms with Gasteiger partial charge in [0, 0.05) is 25.8 Å². The molecule has 1 aromatic rings. The van der Waals surface area contributed by atoms with Crippen LogP contribution < -0.4 is 11.2 Å². The molecule has 3 rings (SSSR count). The molecule has 2 fully saturated rings. The lowest BCUT2D eigenvalue weighted by Crippen LogP contribution is -2.52. The van der Waals surface area contributed by atoms with Crippen LogP contribution in [0.4, 0.5) is 0 Å². The van der Waals surface area contributed by atoms with E-state index in [1.54, 1.807) is 0 Å². The van der Waals surface area contributed by atoms with E-state index < -0.39 is 47.0 Å². The number of aromatic nitrogens is 2. The van der Waals surface area contributed by atoms with Crippen LogP contribution >= 0.6 is 0 Å². The van der Waals surface area contributed by atoms with Gasteiger partial charge in [-0.05, 0) is 6.92 Å². The quantitative estimate of drug-likeness (QED) is 0.559. The van der Waals surface area contributed by atoms with Gasteiger partial charge in [-0.25, -0.2) is 4.79 Å². The number of ether oxygens (including phenoxy) is 3. The summed E-state index contributed by atoms with van der Waals surface area (Å²) in [6.45, 7) is 1.17. The Morgan fingerprint density at radius 3 is 2.74 bits per heavy atom. The molecule has 1 saturated heterocycles. The van der Waals surface area contributed by atoms with E-state index in [1.807, 2.05) is 0 Å². The molecule has 1 aromatic heterocycles. The van der Waals surface area contributed by atoms with Gasteiger partial charge in [0.25, 0.3) is 5.56 Å². The number of rotatable bonds is 7. The second-order valence-corrected chi connectivity index (χ2v) is 6.81. The van der Waals surface area contributed by atoms with Crippen LogP contribution in [-0.4, -0.2) is 64.5 Å². The zero-order valence-electron chi connectivity index (χ0n) is 15.0. The van der Waals surface area contributed by atoms with Crippen LogP contribution in [0.2, 0.25) is 0 Å². The molecule has 5 unspecified atom stereocenters. The summed E-state index contributed by atoms with van der Waals surface area (Å²) >= 11 is 0. The molecule has 0 aromatic carbocycles. The average Bonchev–Trinajstić information content (AvgIpc) is 3.25. The Morgan fingerprint density at radius 2 is 2.15 bits per heavy atom. The van der Waals surface area contributed by atoms with Crippen LogP contribution in [0.15, 0.2) is 21.9 Å². The smallest absolute Gasteiger partial charge is 0.328 e. The molecule has 2 aliphatic rings. The van der Waals surface area contributed by atoms with Gasteiger partial charge in [0.15, 0.2) is 5.60 Å². The maximum absolute atomic E-state index is 12.2. The van der Waals surface area contributed by atoms with E-state index in [1.165, 1.54) is 30.9 Å². The van der Waals surface area contributed by atoms with Gasteiger partial charge >= 0.3 is 11.7 Å². The molecule has 10 heteroatoms. The van der Waals surface area contributed by atoms with Crippen molar-refractivity contribution in [3.8, 4) is 0 Å². The second kappa shape index (κ2) is 7.37. The van der Waals surface area contributed by atoms with Gasteiger partial charge in [-0.3, -0.25) is 19.1 Å². The van der Waals surface area contributed by atoms with Gasteiger partial charge in [0.1, 0.15) is 18.0 Å². The first-order valence-electron chi connectivity index (χ1n) is 8.63. The highest BCUT2D eigenvalue weighted by Crippen LogP contribution is 2.57. The Bertz CT molecular complexity index is 840. The van der Waals surface area contributed by atoms with E-state index in [-0.39, 0.29) is 31.8 Å². The maximum atomic E-state index is 12.2. The predicted molar refractivity (Wildman–Crippen MR) is 90.2 cm³/mol. The number of aliphatic hydroxyl groups excluding tert-OH is 1. The molecule has 1 saturated carbocycles. The highest BCUT2D eigenvalue weighted by molar-refractivity contribution is 5.81. The number of hydrogen-bond acceptors (Lipinski definition) is 8. The summed E-state index contributed by atoms with van der Waals surface area (Å²) in [7, 11) is 1.41. The normalized spacial score (nSPS) is 31.8. The molecule has 0 amide bonds. The van der Waals surface area contributed by atoms with Gasteiger partial charge in [0.2, 0.25) is 0 Å². The average molecular weight is 382 g/mol. The Balaban J connectivity index is 1.90. The lowest BCUT2D eigenvalue weighted by molar-refractivity contribution is -0.184. The van der Waals surface area contributed by atoms with Crippen LogP contribution in [0.3, 0.4) is 0 Å². The molecule has 0 spiro atoms. The molecule has 5 atom stereocenters. The fourth-order valence-electron chi connectivity index (χ4n) is 3.84. The van der Waals surface area contributed by atoms with E-state index in [9.17, 15) is 24.3 Å². The summed E-state index contributed by atoms with van der Waals surface area (Å²) in [5.41, 5.74) is -2.43. The Labute approximate surface area is 154 Å². The first-order valence-corrected chi connectivity index (χ1v) is 8.63. The van der Waals surface area contributed by atoms with Crippen molar-refractivity contribution in [1.82, 2.24) is 9.55 Å². The maximum Gasteiger partial charge on any atom is 0.328 e. The highest BCUT2D eigenvalue weighted by atomic mass is 16.6. The number of fused-ring (bicyclic) bond motifs is 1. The lowest BCUT2D eigenvalue weighted by Gasteiger charge is -2.37. The monoisotopic (exact) mass is 382 g/mol. The van der Waals surface area contributed by atoms with Crippen LogP contribution in [0.5, 0.6) is 0 Å². The number of methoxy groups -OCH3 is 1. The van der Waals surface area contributed by atoms with Crippen LogP contribution in [-0.2, 0) is 23.8 Å². The fraction of sp³-hybridized carbons (Fsp3) is 0.647. The number of nitrogens with zero attached hydrogens (tertiary/aromatic N) is 1. The summed E-state index contributed by atoms with van der Waals surface area (Å²) in [5, 5.41) is 9.70. The number of H-pyrrole nitrogens is 1. The van der Waals surface area contributed by atoms with Gasteiger partial charge in [0.05, 0.1) is 31.6 Å². The molecule has 2 N–H and O–H groups in total. The van der Waals surface area contributed by atoms with Gasteiger partial charge in [-0.15, -0.1) is 0 Å². The van der Waals surface area contributed by atoms with Crippen molar-refractivity contribution in [2.45, 2.75) is 43.6 Å². The summed E-state index contributed by atoms with van der Waals surface area (Å²) in [5.74, 6) is -1.25. The highest BCUT2D eigenvalue weighted by Gasteiger charge is 2.77. The van der Waals surface area contributed by atoms with Crippen molar-refractivity contribution in [3.63, 3.8) is 0 Å². The van der Waals surface area contributed by atoms with E-state index in [4.69, 9.17) is 14.2 Å². The molecule has 27 heavy (non-hydrogen) atoms. The Hall–Kier alpha value is -2.30. The fourth-order valence-corrected chi connectivity index (χ4v) is 3.84. The van der Waals surface area contributed by atoms with Crippen molar-refractivity contribution in [3.05, 3.63) is 33.1 Å². The van der Waals surface area contributed by atoms with E-state index >= 15 is 0 Å². The third kappa shape index (κ3) is 3.35. The molecule has 2 heterocycles. The van der Waals surface area contributed by atoms with Crippen molar-refractivity contribution >= 4 is 11.8 Å². The Kier molecular flexibility index (Phi) is 5.31. The number of carbonyl (C=O) groups excluding carboxylic acids is 2. The van der Waals surface area contributed by atoms with Crippen molar-refractivity contribution in [2.24, 2.45) is 5.92 Å². The Morgan fingerprint density at radius 1 is 1.41 bits per heavy atom. The number of esters is 1. The lowest BCUT2D eigenvalue weighted by atomic mass is 9.99. The summed E-state index contributed by atoms with van der Waals surface area (Å²) in [6, 6.07) is 0.523. The molecule has 0 bridgehead atoms. The SMILES string of the molecule is COC1C(n2ccc(=O)[nH]c2=O)COC2C(CO)C12OC(=O)CCC(C)=O. The standard InChI is InChI=1S/C17H22N2O8/c1-9(21)3-4-13(23)27-17-10(7-20)14(17)26-8-11(15(17)25-2)19-6-5-12(22)18-16(19)24/h5-6,10-11,14-15,20H,3-4,7-8H2,1-2H3,(H,18,22,24). The molecule has 10 nitrogen and oxygen atoms in total. The van der Waals surface area contributed by atoms with Gasteiger partial charge in [-0.2, -0.15) is 0 Å². The van der Waals surface area contributed by atoms with Crippen LogP contribution in [0.25, 0.3) is 0 Å². The number of Topliss-reactive ketones (excluding diaryl/α,β-unsaturated/α-hetero) is 1. The van der Waals surface area contributed by atoms with Gasteiger partial charge < -0.3 is 24.1 Å². The summed E-state index contributed by atoms with van der Waals surface area (Å²) in [4.78, 5) is 49.0. The number of ketones is 1. The third-order valence-electron chi connectivity index (χ3n) is 5.15. The third-order valence-corrected chi connectivity index (χ3v) is 5.15. The van der Waals surface area contributed by atoms with Crippen molar-refractivity contribution in [2.75, 3.05) is 20.3 Å². The molecular weight excluding hydrogens is 360 g/mol. The molecule has 148 valence electrons.